The normalized spacial score (nSPS) is 16.9. The largest absolute Gasteiger partial charge is 0.353 e. The van der Waals surface area contributed by atoms with Crippen LogP contribution in [0.15, 0.2) is 6.33 Å². The Morgan fingerprint density at radius 2 is 2.12 bits per heavy atom. The molecule has 84 valence electrons. The first-order valence-electron chi connectivity index (χ1n) is 5.34. The van der Waals surface area contributed by atoms with E-state index in [0.29, 0.717) is 0 Å². The molecule has 0 amide bonds. The summed E-state index contributed by atoms with van der Waals surface area (Å²) in [6, 6.07) is 0. The summed E-state index contributed by atoms with van der Waals surface area (Å²) in [6.07, 6.45) is 1.60. The van der Waals surface area contributed by atoms with Crippen LogP contribution < -0.4 is 4.90 Å². The van der Waals surface area contributed by atoms with Crippen LogP contribution in [0.5, 0.6) is 0 Å². The number of H-pyrrole nitrogens is 1. The predicted octanol–water partition coefficient (Wildman–Crippen LogP) is 1.21. The third kappa shape index (κ3) is 1.63. The summed E-state index contributed by atoms with van der Waals surface area (Å²) in [5.74, 6) is 4.21. The van der Waals surface area contributed by atoms with Crippen LogP contribution in [0.3, 0.4) is 0 Å². The van der Waals surface area contributed by atoms with Crippen LogP contribution >= 0.6 is 11.8 Å². The number of nitrogens with zero attached hydrogens (tertiary/aromatic N) is 4. The van der Waals surface area contributed by atoms with E-state index in [2.05, 4.69) is 24.8 Å². The van der Waals surface area contributed by atoms with Crippen LogP contribution in [-0.2, 0) is 0 Å². The zero-order chi connectivity index (χ0) is 11.0. The summed E-state index contributed by atoms with van der Waals surface area (Å²) in [7, 11) is 0. The summed E-state index contributed by atoms with van der Waals surface area (Å²) in [6.45, 7) is 4.04. The van der Waals surface area contributed by atoms with Gasteiger partial charge in [0.1, 0.15) is 17.7 Å². The van der Waals surface area contributed by atoms with E-state index in [1.807, 2.05) is 18.7 Å². The van der Waals surface area contributed by atoms with E-state index in [-0.39, 0.29) is 0 Å². The minimum atomic E-state index is 0.765. The molecule has 6 heteroatoms. The number of aryl methyl sites for hydroxylation is 1. The molecule has 1 aliphatic heterocycles. The minimum Gasteiger partial charge on any atom is -0.353 e. The van der Waals surface area contributed by atoms with E-state index in [0.717, 1.165) is 35.9 Å². The molecule has 16 heavy (non-hydrogen) atoms. The van der Waals surface area contributed by atoms with Crippen molar-refractivity contribution in [2.24, 2.45) is 0 Å². The molecule has 3 rings (SSSR count). The highest BCUT2D eigenvalue weighted by molar-refractivity contribution is 7.99. The van der Waals surface area contributed by atoms with E-state index in [4.69, 9.17) is 0 Å². The molecular formula is C10H13N5S. The Bertz CT molecular complexity index is 503. The maximum atomic E-state index is 4.38. The Kier molecular flexibility index (Phi) is 2.43. The average molecular weight is 235 g/mol. The summed E-state index contributed by atoms with van der Waals surface area (Å²) >= 11 is 1.99. The average Bonchev–Trinajstić information content (AvgIpc) is 2.70. The molecule has 0 unspecified atom stereocenters. The molecule has 1 saturated heterocycles. The molecule has 0 atom stereocenters. The molecule has 2 aromatic rings. The molecular weight excluding hydrogens is 222 g/mol. The van der Waals surface area contributed by atoms with Gasteiger partial charge in [0.2, 0.25) is 0 Å². The molecule has 3 heterocycles. The lowest BCUT2D eigenvalue weighted by atomic mass is 10.4. The van der Waals surface area contributed by atoms with Crippen molar-refractivity contribution in [2.75, 3.05) is 29.5 Å². The van der Waals surface area contributed by atoms with Crippen molar-refractivity contribution in [2.45, 2.75) is 6.92 Å². The molecule has 1 N–H and O–H groups in total. The number of fused-ring (bicyclic) bond motifs is 1. The van der Waals surface area contributed by atoms with Gasteiger partial charge in [-0.25, -0.2) is 15.0 Å². The van der Waals surface area contributed by atoms with E-state index in [1.165, 1.54) is 11.5 Å². The van der Waals surface area contributed by atoms with Gasteiger partial charge in [0.15, 0.2) is 11.5 Å². The molecule has 0 radical (unpaired) electrons. The highest BCUT2D eigenvalue weighted by Gasteiger charge is 2.16. The molecule has 2 aromatic heterocycles. The fourth-order valence-electron chi connectivity index (χ4n) is 1.95. The van der Waals surface area contributed by atoms with E-state index in [1.54, 1.807) is 6.33 Å². The van der Waals surface area contributed by atoms with Crippen molar-refractivity contribution < 1.29 is 0 Å². The summed E-state index contributed by atoms with van der Waals surface area (Å²) in [4.78, 5) is 18.4. The number of nitrogens with one attached hydrogen (secondary N) is 1. The SMILES string of the molecule is Cc1nc2ncnc(N3CCSCC3)c2[nH]1. The molecule has 0 aliphatic carbocycles. The Labute approximate surface area is 97.7 Å². The molecule has 0 aromatic carbocycles. The number of anilines is 1. The zero-order valence-corrected chi connectivity index (χ0v) is 9.92. The van der Waals surface area contributed by atoms with Crippen molar-refractivity contribution in [1.82, 2.24) is 19.9 Å². The van der Waals surface area contributed by atoms with Crippen LogP contribution in [0.1, 0.15) is 5.82 Å². The Balaban J connectivity index is 2.07. The second-order valence-corrected chi connectivity index (χ2v) is 5.04. The number of imidazole rings is 1. The van der Waals surface area contributed by atoms with E-state index in [9.17, 15) is 0 Å². The highest BCUT2D eigenvalue weighted by Crippen LogP contribution is 2.23. The standard InChI is InChI=1S/C10H13N5S/c1-7-13-8-9(14-7)11-6-12-10(8)15-2-4-16-5-3-15/h6H,2-5H2,1H3,(H,11,12,13,14). The summed E-state index contributed by atoms with van der Waals surface area (Å²) in [5, 5.41) is 0. The van der Waals surface area contributed by atoms with E-state index < -0.39 is 0 Å². The van der Waals surface area contributed by atoms with Crippen molar-refractivity contribution in [3.8, 4) is 0 Å². The predicted molar refractivity (Wildman–Crippen MR) is 66.0 cm³/mol. The smallest absolute Gasteiger partial charge is 0.183 e. The Hall–Kier alpha value is -1.30. The second kappa shape index (κ2) is 3.93. The molecule has 0 spiro atoms. The van der Waals surface area contributed by atoms with Crippen molar-refractivity contribution >= 4 is 28.7 Å². The molecule has 5 nitrogen and oxygen atoms in total. The van der Waals surface area contributed by atoms with Crippen molar-refractivity contribution in [3.63, 3.8) is 0 Å². The first kappa shape index (κ1) is 9.89. The van der Waals surface area contributed by atoms with Gasteiger partial charge in [0.05, 0.1) is 0 Å². The van der Waals surface area contributed by atoms with Gasteiger partial charge < -0.3 is 9.88 Å². The van der Waals surface area contributed by atoms with Gasteiger partial charge >= 0.3 is 0 Å². The van der Waals surface area contributed by atoms with Gasteiger partial charge in [0, 0.05) is 24.6 Å². The van der Waals surface area contributed by atoms with Gasteiger partial charge in [-0.3, -0.25) is 0 Å². The minimum absolute atomic E-state index is 0.765. The highest BCUT2D eigenvalue weighted by atomic mass is 32.2. The monoisotopic (exact) mass is 235 g/mol. The molecule has 1 fully saturated rings. The van der Waals surface area contributed by atoms with Crippen LogP contribution in [0.25, 0.3) is 11.2 Å². The number of aromatic amines is 1. The maximum absolute atomic E-state index is 4.38. The third-order valence-electron chi connectivity index (χ3n) is 2.70. The van der Waals surface area contributed by atoms with Gasteiger partial charge in [-0.1, -0.05) is 0 Å². The van der Waals surface area contributed by atoms with Crippen molar-refractivity contribution in [1.29, 1.82) is 0 Å². The lowest BCUT2D eigenvalue weighted by Gasteiger charge is -2.27. The zero-order valence-electron chi connectivity index (χ0n) is 9.10. The number of thioether (sulfide) groups is 1. The number of hydrogen-bond donors (Lipinski definition) is 1. The second-order valence-electron chi connectivity index (χ2n) is 3.82. The first-order chi connectivity index (χ1) is 7.84. The van der Waals surface area contributed by atoms with Gasteiger partial charge in [-0.2, -0.15) is 11.8 Å². The fraction of sp³-hybridized carbons (Fsp3) is 0.500. The number of aromatic nitrogens is 4. The first-order valence-corrected chi connectivity index (χ1v) is 6.50. The van der Waals surface area contributed by atoms with Crippen LogP contribution in [-0.4, -0.2) is 44.5 Å². The maximum Gasteiger partial charge on any atom is 0.183 e. The topological polar surface area (TPSA) is 57.7 Å². The van der Waals surface area contributed by atoms with Gasteiger partial charge in [0.25, 0.3) is 0 Å². The summed E-state index contributed by atoms with van der Waals surface area (Å²) in [5.41, 5.74) is 1.73. The number of hydrogen-bond acceptors (Lipinski definition) is 5. The summed E-state index contributed by atoms with van der Waals surface area (Å²) < 4.78 is 0. The number of rotatable bonds is 1. The van der Waals surface area contributed by atoms with Crippen molar-refractivity contribution in [3.05, 3.63) is 12.2 Å². The van der Waals surface area contributed by atoms with Crippen LogP contribution in [0.2, 0.25) is 0 Å². The molecule has 1 aliphatic rings. The van der Waals surface area contributed by atoms with E-state index >= 15 is 0 Å². The quantitative estimate of drug-likeness (QED) is 0.805. The molecule has 0 bridgehead atoms. The van der Waals surface area contributed by atoms with Gasteiger partial charge in [-0.15, -0.1) is 0 Å². The van der Waals surface area contributed by atoms with Crippen LogP contribution in [0.4, 0.5) is 5.82 Å². The fourth-order valence-corrected chi connectivity index (χ4v) is 2.85. The lowest BCUT2D eigenvalue weighted by molar-refractivity contribution is 0.840. The molecule has 0 saturated carbocycles. The Morgan fingerprint density at radius 1 is 1.31 bits per heavy atom. The lowest BCUT2D eigenvalue weighted by Crippen LogP contribution is -2.33. The van der Waals surface area contributed by atoms with Gasteiger partial charge in [-0.05, 0) is 6.92 Å². The third-order valence-corrected chi connectivity index (χ3v) is 3.64. The van der Waals surface area contributed by atoms with Crippen LogP contribution in [0, 0.1) is 6.92 Å². The Morgan fingerprint density at radius 3 is 2.94 bits per heavy atom.